The molecule has 21 heavy (non-hydrogen) atoms. The van der Waals surface area contributed by atoms with E-state index >= 15 is 0 Å². The topological polar surface area (TPSA) is 72.9 Å². The summed E-state index contributed by atoms with van der Waals surface area (Å²) in [6.07, 6.45) is 4.92. The molecule has 0 aliphatic carbocycles. The van der Waals surface area contributed by atoms with Gasteiger partial charge in [0, 0.05) is 24.3 Å². The lowest BCUT2D eigenvalue weighted by Gasteiger charge is -2.12. The monoisotopic (exact) mass is 304 g/mol. The number of rotatable bonds is 4. The second kappa shape index (κ2) is 5.42. The van der Waals surface area contributed by atoms with E-state index in [-0.39, 0.29) is 12.1 Å². The summed E-state index contributed by atoms with van der Waals surface area (Å²) >= 11 is 1.54. The summed E-state index contributed by atoms with van der Waals surface area (Å²) in [6, 6.07) is 1.89. The van der Waals surface area contributed by atoms with Crippen LogP contribution < -0.4 is 5.56 Å². The average molecular weight is 304 g/mol. The van der Waals surface area contributed by atoms with E-state index in [0.717, 1.165) is 16.1 Å². The number of hydrogen-bond donors (Lipinski definition) is 1. The van der Waals surface area contributed by atoms with Crippen molar-refractivity contribution in [2.24, 2.45) is 7.05 Å². The Labute approximate surface area is 125 Å². The lowest BCUT2D eigenvalue weighted by atomic mass is 10.3. The Balaban J connectivity index is 1.96. The van der Waals surface area contributed by atoms with Crippen LogP contribution in [0.4, 0.5) is 0 Å². The summed E-state index contributed by atoms with van der Waals surface area (Å²) in [7, 11) is 1.81. The van der Waals surface area contributed by atoms with Crippen LogP contribution in [0.5, 0.6) is 0 Å². The zero-order chi connectivity index (χ0) is 15.0. The fraction of sp³-hybridized carbons (Fsp3) is 0.357. The van der Waals surface area contributed by atoms with Gasteiger partial charge in [0.25, 0.3) is 5.56 Å². The average Bonchev–Trinajstić information content (AvgIpc) is 3.08. The molecule has 3 aromatic heterocycles. The molecule has 3 heterocycles. The Morgan fingerprint density at radius 1 is 1.43 bits per heavy atom. The Hall–Kier alpha value is -1.99. The van der Waals surface area contributed by atoms with Crippen LogP contribution in [0.2, 0.25) is 0 Å². The van der Waals surface area contributed by atoms with Crippen LogP contribution in [0.3, 0.4) is 0 Å². The lowest BCUT2D eigenvalue weighted by Crippen LogP contribution is -2.24. The van der Waals surface area contributed by atoms with Crippen molar-refractivity contribution in [1.82, 2.24) is 19.1 Å². The number of aliphatic hydroxyl groups excluding tert-OH is 1. The van der Waals surface area contributed by atoms with Crippen LogP contribution in [0.25, 0.3) is 10.2 Å². The minimum Gasteiger partial charge on any atom is -0.383 e. The third-order valence-electron chi connectivity index (χ3n) is 3.44. The molecule has 0 aromatic carbocycles. The largest absolute Gasteiger partial charge is 0.383 e. The molecule has 0 saturated carbocycles. The zero-order valence-corrected chi connectivity index (χ0v) is 12.7. The van der Waals surface area contributed by atoms with Gasteiger partial charge in [0.05, 0.1) is 18.3 Å². The number of fused-ring (bicyclic) bond motifs is 1. The van der Waals surface area contributed by atoms with Gasteiger partial charge in [-0.15, -0.1) is 11.3 Å². The first-order chi connectivity index (χ1) is 10.1. The predicted octanol–water partition coefficient (Wildman–Crippen LogP) is 1.49. The van der Waals surface area contributed by atoms with E-state index in [1.807, 2.05) is 20.0 Å². The van der Waals surface area contributed by atoms with E-state index in [0.29, 0.717) is 11.2 Å². The second-order valence-electron chi connectivity index (χ2n) is 4.90. The summed E-state index contributed by atoms with van der Waals surface area (Å²) in [5.41, 5.74) is -0.121. The molecule has 0 bridgehead atoms. The maximum Gasteiger partial charge on any atom is 0.262 e. The standard InChI is InChI=1S/C14H16N4O2S/c1-3-9-6-10-13(21-9)16-8-18(14(10)20)7-11(19)12-15-4-5-17(12)2/h4-6,8,11,19H,3,7H2,1-2H3/t11-/m1/s1. The van der Waals surface area contributed by atoms with Gasteiger partial charge in [-0.05, 0) is 12.5 Å². The van der Waals surface area contributed by atoms with Gasteiger partial charge >= 0.3 is 0 Å². The van der Waals surface area contributed by atoms with E-state index in [9.17, 15) is 9.90 Å². The van der Waals surface area contributed by atoms with E-state index < -0.39 is 6.10 Å². The highest BCUT2D eigenvalue weighted by atomic mass is 32.1. The van der Waals surface area contributed by atoms with Gasteiger partial charge in [0.2, 0.25) is 0 Å². The van der Waals surface area contributed by atoms with Crippen LogP contribution in [-0.4, -0.2) is 24.2 Å². The first-order valence-electron chi connectivity index (χ1n) is 6.73. The summed E-state index contributed by atoms with van der Waals surface area (Å²) in [4.78, 5) is 22.7. The number of aliphatic hydroxyl groups is 1. The molecule has 0 aliphatic rings. The molecule has 0 fully saturated rings. The van der Waals surface area contributed by atoms with Crippen molar-refractivity contribution in [3.05, 3.63) is 45.8 Å². The second-order valence-corrected chi connectivity index (χ2v) is 6.01. The first kappa shape index (κ1) is 14.0. The van der Waals surface area contributed by atoms with Gasteiger partial charge in [0.1, 0.15) is 16.8 Å². The molecule has 3 rings (SSSR count). The molecule has 0 unspecified atom stereocenters. The number of aryl methyl sites for hydroxylation is 2. The third-order valence-corrected chi connectivity index (χ3v) is 4.63. The van der Waals surface area contributed by atoms with Gasteiger partial charge in [-0.25, -0.2) is 9.97 Å². The minimum absolute atomic E-state index is 0.121. The number of nitrogens with zero attached hydrogens (tertiary/aromatic N) is 4. The van der Waals surface area contributed by atoms with Crippen molar-refractivity contribution >= 4 is 21.6 Å². The molecule has 3 aromatic rings. The van der Waals surface area contributed by atoms with Crippen LogP contribution >= 0.6 is 11.3 Å². The molecule has 1 atom stereocenters. The fourth-order valence-corrected chi connectivity index (χ4v) is 3.21. The minimum atomic E-state index is -0.841. The lowest BCUT2D eigenvalue weighted by molar-refractivity contribution is 0.142. The molecule has 110 valence electrons. The number of hydrogen-bond acceptors (Lipinski definition) is 5. The van der Waals surface area contributed by atoms with E-state index in [4.69, 9.17) is 0 Å². The van der Waals surface area contributed by atoms with Crippen LogP contribution in [0, 0.1) is 0 Å². The highest BCUT2D eigenvalue weighted by molar-refractivity contribution is 7.18. The summed E-state index contributed by atoms with van der Waals surface area (Å²) in [5, 5.41) is 10.8. The van der Waals surface area contributed by atoms with E-state index in [1.165, 1.54) is 22.2 Å². The first-order valence-corrected chi connectivity index (χ1v) is 7.55. The van der Waals surface area contributed by atoms with Crippen molar-refractivity contribution in [2.45, 2.75) is 26.0 Å². The SMILES string of the molecule is CCc1cc2c(=O)n(C[C@@H](O)c3nccn3C)cnc2s1. The summed E-state index contributed by atoms with van der Waals surface area (Å²) in [6.45, 7) is 2.19. The highest BCUT2D eigenvalue weighted by Crippen LogP contribution is 2.21. The molecule has 1 N–H and O–H groups in total. The van der Waals surface area contributed by atoms with Gasteiger partial charge < -0.3 is 9.67 Å². The Kier molecular flexibility index (Phi) is 3.60. The van der Waals surface area contributed by atoms with Crippen molar-refractivity contribution in [2.75, 3.05) is 0 Å². The molecule has 0 aliphatic heterocycles. The molecule has 7 heteroatoms. The Morgan fingerprint density at radius 2 is 2.24 bits per heavy atom. The molecular weight excluding hydrogens is 288 g/mol. The summed E-state index contributed by atoms with van der Waals surface area (Å²) < 4.78 is 3.18. The highest BCUT2D eigenvalue weighted by Gasteiger charge is 2.15. The maximum atomic E-state index is 12.4. The summed E-state index contributed by atoms with van der Waals surface area (Å²) in [5.74, 6) is 0.529. The maximum absolute atomic E-state index is 12.4. The molecule has 0 saturated heterocycles. The van der Waals surface area contributed by atoms with E-state index in [1.54, 1.807) is 17.0 Å². The molecule has 0 radical (unpaired) electrons. The Morgan fingerprint density at radius 3 is 2.90 bits per heavy atom. The predicted molar refractivity (Wildman–Crippen MR) is 81.4 cm³/mol. The smallest absolute Gasteiger partial charge is 0.262 e. The Bertz CT molecular complexity index is 833. The number of imidazole rings is 1. The molecule has 6 nitrogen and oxygen atoms in total. The van der Waals surface area contributed by atoms with Gasteiger partial charge in [-0.3, -0.25) is 9.36 Å². The van der Waals surface area contributed by atoms with Crippen molar-refractivity contribution in [1.29, 1.82) is 0 Å². The molecular formula is C14H16N4O2S. The number of aromatic nitrogens is 4. The van der Waals surface area contributed by atoms with Crippen LogP contribution in [-0.2, 0) is 20.0 Å². The third kappa shape index (κ3) is 2.50. The van der Waals surface area contributed by atoms with Crippen molar-refractivity contribution < 1.29 is 5.11 Å². The quantitative estimate of drug-likeness (QED) is 0.792. The molecule has 0 amide bonds. The zero-order valence-electron chi connectivity index (χ0n) is 11.9. The van der Waals surface area contributed by atoms with Crippen molar-refractivity contribution in [3.63, 3.8) is 0 Å². The van der Waals surface area contributed by atoms with Crippen LogP contribution in [0.15, 0.2) is 29.6 Å². The van der Waals surface area contributed by atoms with Crippen molar-refractivity contribution in [3.8, 4) is 0 Å². The van der Waals surface area contributed by atoms with Gasteiger partial charge in [-0.1, -0.05) is 6.92 Å². The van der Waals surface area contributed by atoms with Crippen LogP contribution in [0.1, 0.15) is 23.7 Å². The normalized spacial score (nSPS) is 12.9. The van der Waals surface area contributed by atoms with Gasteiger partial charge in [-0.2, -0.15) is 0 Å². The van der Waals surface area contributed by atoms with E-state index in [2.05, 4.69) is 9.97 Å². The molecule has 0 spiro atoms. The van der Waals surface area contributed by atoms with Gasteiger partial charge in [0.15, 0.2) is 0 Å². The number of thiophene rings is 1. The fourth-order valence-electron chi connectivity index (χ4n) is 2.28.